The van der Waals surface area contributed by atoms with Crippen molar-refractivity contribution >= 4 is 111 Å². The van der Waals surface area contributed by atoms with Gasteiger partial charge in [0.05, 0.1) is 37.8 Å². The maximum absolute atomic E-state index is 15.4. The number of aromatic hydroxyl groups is 2. The van der Waals surface area contributed by atoms with Crippen LogP contribution in [0, 0.1) is 11.8 Å². The summed E-state index contributed by atoms with van der Waals surface area (Å²) in [5.41, 5.74) is 9.21. The molecule has 0 radical (unpaired) electrons. The first-order valence-electron chi connectivity index (χ1n) is 42.4. The third kappa shape index (κ3) is 30.8. The third-order valence-corrected chi connectivity index (χ3v) is 22.8. The van der Waals surface area contributed by atoms with Crippen LogP contribution in [-0.4, -0.2) is 266 Å². The number of phenols is 2. The first kappa shape index (κ1) is 100. The molecule has 7 aromatic rings. The van der Waals surface area contributed by atoms with Gasteiger partial charge in [0.15, 0.2) is 0 Å². The fourth-order valence-corrected chi connectivity index (χ4v) is 15.6. The Balaban J connectivity index is 1.20. The van der Waals surface area contributed by atoms with E-state index in [1.54, 1.807) is 149 Å². The number of H-pyrrole nitrogens is 1. The number of thioether (sulfide) groups is 1. The molecule has 128 heavy (non-hydrogen) atoms. The van der Waals surface area contributed by atoms with Crippen molar-refractivity contribution in [2.45, 2.75) is 178 Å². The smallest absolute Gasteiger partial charge is 0.305 e. The molecule has 6 aromatic carbocycles. The lowest BCUT2D eigenvalue weighted by Crippen LogP contribution is -2.61. The van der Waals surface area contributed by atoms with Gasteiger partial charge in [0, 0.05) is 83.1 Å². The number of hydrogen-bond donors (Lipinski definition) is 16. The van der Waals surface area contributed by atoms with Crippen LogP contribution < -0.4 is 58.9 Å². The van der Waals surface area contributed by atoms with Gasteiger partial charge in [-0.25, -0.2) is 0 Å². The predicted molar refractivity (Wildman–Crippen MR) is 478 cm³/mol. The summed E-state index contributed by atoms with van der Waals surface area (Å²) in [6, 6.07) is 27.6. The second-order valence-corrected chi connectivity index (χ2v) is 33.8. The van der Waals surface area contributed by atoms with Crippen LogP contribution in [0.25, 0.3) is 10.9 Å². The van der Waals surface area contributed by atoms with Crippen molar-refractivity contribution < 1.29 is 92.3 Å². The molecule has 35 nitrogen and oxygen atoms in total. The molecule has 2 heterocycles. The summed E-state index contributed by atoms with van der Waals surface area (Å²) in [5.74, 6) is -16.4. The van der Waals surface area contributed by atoms with Gasteiger partial charge in [-0.1, -0.05) is 181 Å². The summed E-state index contributed by atoms with van der Waals surface area (Å²) < 4.78 is 0. The number of fused-ring (bicyclic) bond motifs is 1. The fraction of sp³-hybridized carbons (Fsp3) is 0.424. The largest absolute Gasteiger partial charge is 0.508 e. The molecular weight excluding hydrogens is 1670 g/mol. The van der Waals surface area contributed by atoms with Crippen molar-refractivity contribution in [1.29, 1.82) is 0 Å². The number of aliphatic carboxylic acids is 1. The van der Waals surface area contributed by atoms with E-state index in [4.69, 9.17) is 5.73 Å². The van der Waals surface area contributed by atoms with E-state index >= 15 is 33.6 Å². The van der Waals surface area contributed by atoms with Gasteiger partial charge in [0.25, 0.3) is 0 Å². The number of aromatic nitrogens is 1. The molecule has 1 unspecified atom stereocenters. The van der Waals surface area contributed by atoms with E-state index in [9.17, 15) is 58.8 Å². The number of amides is 14. The summed E-state index contributed by atoms with van der Waals surface area (Å²) in [6.45, 7) is 6.38. The summed E-state index contributed by atoms with van der Waals surface area (Å²) in [6.07, 6.45) is -1.57. The Kier molecular flexibility index (Phi) is 38.4. The van der Waals surface area contributed by atoms with E-state index in [1.807, 2.05) is 6.92 Å². The van der Waals surface area contributed by atoms with Crippen LogP contribution in [0.1, 0.15) is 100 Å². The Morgan fingerprint density at radius 2 is 0.953 bits per heavy atom. The van der Waals surface area contributed by atoms with Crippen LogP contribution >= 0.6 is 11.8 Å². The van der Waals surface area contributed by atoms with Gasteiger partial charge in [0.2, 0.25) is 82.7 Å². The topological polar surface area (TPSA) is 512 Å². The van der Waals surface area contributed by atoms with Crippen LogP contribution in [0.15, 0.2) is 170 Å². The molecule has 1 saturated heterocycles. The van der Waals surface area contributed by atoms with Crippen molar-refractivity contribution in [1.82, 2.24) is 77.8 Å². The first-order chi connectivity index (χ1) is 60.9. The first-order valence-corrected chi connectivity index (χ1v) is 43.6. The zero-order valence-corrected chi connectivity index (χ0v) is 74.1. The number of carboxylic acids is 1. The number of hydrogen-bond acceptors (Lipinski definition) is 20. The number of phenolic OH excluding ortho intramolecular Hbond substituents is 2. The summed E-state index contributed by atoms with van der Waals surface area (Å²) in [7, 11) is 5.21. The number of carbonyl (C=O) groups excluding carboxylic acids is 14. The average Bonchev–Trinajstić information content (AvgIpc) is 1.59. The summed E-state index contributed by atoms with van der Waals surface area (Å²) >= 11 is 0.832. The molecule has 12 atom stereocenters. The number of likely N-dealkylation sites (N-methyl/N-ethyl adjacent to an activating group) is 4. The molecule has 14 amide bonds. The van der Waals surface area contributed by atoms with Crippen molar-refractivity contribution in [2.75, 3.05) is 59.3 Å². The van der Waals surface area contributed by atoms with E-state index < -0.39 is 199 Å². The molecule has 1 aliphatic rings. The van der Waals surface area contributed by atoms with Gasteiger partial charge in [-0.2, -0.15) is 0 Å². The number of aromatic amines is 1. The molecule has 0 aliphatic carbocycles. The minimum atomic E-state index is -1.90. The number of para-hydroxylation sites is 1. The zero-order valence-electron chi connectivity index (χ0n) is 73.2. The zero-order chi connectivity index (χ0) is 93.4. The molecule has 1 aromatic heterocycles. The normalized spacial score (nSPS) is 22.5. The average molecular weight is 1780 g/mol. The van der Waals surface area contributed by atoms with E-state index in [1.165, 1.54) is 76.7 Å². The van der Waals surface area contributed by atoms with E-state index in [0.29, 0.717) is 57.1 Å². The molecule has 686 valence electrons. The van der Waals surface area contributed by atoms with Crippen molar-refractivity contribution in [3.05, 3.63) is 203 Å². The number of unbranched alkanes of at least 4 members (excludes halogenated alkanes) is 1. The van der Waals surface area contributed by atoms with E-state index in [2.05, 4.69) is 58.2 Å². The Morgan fingerprint density at radius 3 is 1.49 bits per heavy atom. The summed E-state index contributed by atoms with van der Waals surface area (Å²) in [5, 5.41) is 71.0. The van der Waals surface area contributed by atoms with Gasteiger partial charge >= 0.3 is 5.97 Å². The molecule has 36 heteroatoms. The summed E-state index contributed by atoms with van der Waals surface area (Å²) in [4.78, 5) is 226. The number of rotatable bonds is 23. The lowest BCUT2D eigenvalue weighted by Gasteiger charge is -2.34. The van der Waals surface area contributed by atoms with Gasteiger partial charge in [0.1, 0.15) is 78.1 Å². The molecule has 0 bridgehead atoms. The quantitative estimate of drug-likeness (QED) is 0.0434. The van der Waals surface area contributed by atoms with Crippen molar-refractivity contribution in [3.8, 4) is 11.5 Å². The second kappa shape index (κ2) is 49.0. The number of nitrogens with two attached hydrogens (primary N) is 1. The minimum absolute atomic E-state index is 0.00842. The van der Waals surface area contributed by atoms with Gasteiger partial charge in [-0.05, 0) is 94.8 Å². The number of nitrogens with one attached hydrogen (secondary N) is 11. The molecule has 17 N–H and O–H groups in total. The lowest BCUT2D eigenvalue weighted by atomic mass is 9.98. The van der Waals surface area contributed by atoms with E-state index in [0.717, 1.165) is 31.4 Å². The Bertz CT molecular complexity index is 4970. The molecule has 8 rings (SSSR count). The Labute approximate surface area is 747 Å². The highest BCUT2D eigenvalue weighted by molar-refractivity contribution is 8.00. The maximum atomic E-state index is 15.4. The monoisotopic (exact) mass is 1780 g/mol. The number of carbonyl (C=O) groups is 15. The van der Waals surface area contributed by atoms with Gasteiger partial charge < -0.3 is 98.6 Å². The molecule has 1 aliphatic heterocycles. The van der Waals surface area contributed by atoms with Crippen LogP contribution in [0.3, 0.4) is 0 Å². The second-order valence-electron chi connectivity index (χ2n) is 32.8. The number of aliphatic hydroxyl groups excluding tert-OH is 1. The lowest BCUT2D eigenvalue weighted by molar-refractivity contribution is -0.145. The van der Waals surface area contributed by atoms with Gasteiger partial charge in [-0.3, -0.25) is 77.2 Å². The Morgan fingerprint density at radius 1 is 0.492 bits per heavy atom. The molecule has 0 saturated carbocycles. The van der Waals surface area contributed by atoms with Crippen LogP contribution in [-0.2, 0) is 110 Å². The predicted octanol–water partition coefficient (Wildman–Crippen LogP) is 1.78. The molecule has 0 spiro atoms. The number of benzene rings is 6. The number of β-amino-alcohol motifs (C(OH)–C–C–N with tert-alkyl or cyclic N) is 1. The van der Waals surface area contributed by atoms with Gasteiger partial charge in [-0.15, -0.1) is 11.8 Å². The molecule has 1 fully saturated rings. The molecular formula is C92H118N16O19S. The third-order valence-electron chi connectivity index (χ3n) is 21.7. The standard InChI is InChI=1S/C92H118N16O19S/c1-10-11-30-66-89(124)105(6)50-78(113)97-70(47-80(115)116)86(121)104-81(55(4)5)92(127)108(9)75(45-58-27-19-14-20-28-58)88(123)102-71(43-60-34-38-63(110)39-35-60)90(125)106(7)51-77(112)96-69(46-61-48-94-65-31-22-21-29-64(61)65)85(120)101-68(41-59-32-36-62(109)37-33-59)84(119)100-67(40-54(2)3)83(118)103-73(82(117)95-49-76(93)111)52-128-53-79(114)98-72(42-56-23-15-12-16-24-56)91(126)107(8)74(87(122)99-66)44-57-25-17-13-18-26-57/h12-29,31-39,48,54-55,66-75,77,81,94,96,109-110,112H,10-11,30,40-47,49-53H2,1-9H3,(H2,93,111)(H,95,117)(H,97,113)(H,98,114)(H,99,122)(H,100,119)(H,101,120)(H,102,123)(H,103,118)(H,104,121)(H,115,116)/t66-,67-,68-,69-,70-,71-,72-,73-,74-,75-,77?,81-/m0/s1. The number of aliphatic hydroxyl groups is 1. The number of nitrogens with zero attached hydrogens (tertiary/aromatic N) is 4. The highest BCUT2D eigenvalue weighted by Crippen LogP contribution is 2.24. The van der Waals surface area contributed by atoms with Crippen molar-refractivity contribution in [2.24, 2.45) is 17.6 Å². The SMILES string of the molecule is CCCC[C@@H]1NC(=O)[C@H](Cc2ccccc2)N(C)C(=O)[C@H](Cc2ccccc2)NC(=O)CSC[C@@H](C(=O)NCC(N)=O)NC(=O)[C@H](CC(C)C)NC(=O)[C@H](Cc2ccc(O)cc2)NC(=O)[C@H](Cc2c[nH]c3ccccc23)NC(O)CN(C)C(=O)[C@H](Cc2ccc(O)cc2)NC(=O)[C@H](Cc2ccccc2)N(C)C(=O)[C@H](C(C)C)NC(=O)[C@H](CC(=O)O)NC(=O)CN(C)C1=O. The van der Waals surface area contributed by atoms with Crippen LogP contribution in [0.2, 0.25) is 0 Å². The highest BCUT2D eigenvalue weighted by atomic mass is 32.2. The van der Waals surface area contributed by atoms with Crippen LogP contribution in [0.5, 0.6) is 11.5 Å². The maximum Gasteiger partial charge on any atom is 0.305 e. The number of carboxylic acid groups (broad SMARTS) is 1. The Hall–Kier alpha value is -13.2. The number of primary amides is 1. The minimum Gasteiger partial charge on any atom is -0.508 e. The fourth-order valence-electron chi connectivity index (χ4n) is 14.8. The van der Waals surface area contributed by atoms with Crippen LogP contribution in [0.4, 0.5) is 0 Å². The van der Waals surface area contributed by atoms with Crippen molar-refractivity contribution in [3.63, 3.8) is 0 Å². The van der Waals surface area contributed by atoms with E-state index in [-0.39, 0.29) is 74.5 Å². The highest BCUT2D eigenvalue weighted by Gasteiger charge is 2.41.